The highest BCUT2D eigenvalue weighted by Crippen LogP contribution is 2.50. The van der Waals surface area contributed by atoms with Crippen molar-refractivity contribution in [2.75, 3.05) is 0 Å². The van der Waals surface area contributed by atoms with E-state index in [1.807, 2.05) is 0 Å². The largest absolute Gasteiger partial charge is 0.0882 e. The van der Waals surface area contributed by atoms with E-state index in [4.69, 9.17) is 0 Å². The summed E-state index contributed by atoms with van der Waals surface area (Å²) in [6.07, 6.45) is 10.4. The Labute approximate surface area is 139 Å². The van der Waals surface area contributed by atoms with E-state index >= 15 is 0 Å². The van der Waals surface area contributed by atoms with Crippen LogP contribution in [0.3, 0.4) is 0 Å². The smallest absolute Gasteiger partial charge is 0.0198 e. The monoisotopic (exact) mass is 302 g/mol. The summed E-state index contributed by atoms with van der Waals surface area (Å²) in [5.74, 6) is 6.03. The molecule has 0 heterocycles. The summed E-state index contributed by atoms with van der Waals surface area (Å²) in [5, 5.41) is 0. The third kappa shape index (κ3) is 3.52. The van der Waals surface area contributed by atoms with Crippen LogP contribution in [0.15, 0.2) is 23.3 Å². The Hall–Kier alpha value is -0.520. The van der Waals surface area contributed by atoms with Crippen molar-refractivity contribution >= 4 is 0 Å². The van der Waals surface area contributed by atoms with E-state index in [2.05, 4.69) is 60.6 Å². The second kappa shape index (κ2) is 7.37. The fourth-order valence-corrected chi connectivity index (χ4v) is 6.18. The van der Waals surface area contributed by atoms with E-state index < -0.39 is 0 Å². The van der Waals surface area contributed by atoms with Crippen molar-refractivity contribution in [1.29, 1.82) is 0 Å². The molecule has 0 aromatic carbocycles. The molecule has 0 nitrogen and oxygen atoms in total. The Morgan fingerprint density at radius 3 is 2.09 bits per heavy atom. The normalized spacial score (nSPS) is 43.9. The van der Waals surface area contributed by atoms with Crippen LogP contribution in [0.5, 0.6) is 0 Å². The van der Waals surface area contributed by atoms with Gasteiger partial charge in [0.25, 0.3) is 0 Å². The van der Waals surface area contributed by atoms with E-state index in [1.165, 1.54) is 25.7 Å². The Bertz CT molecular complexity index is 415. The van der Waals surface area contributed by atoms with Crippen molar-refractivity contribution in [2.45, 2.75) is 74.1 Å². The molecule has 2 rings (SSSR count). The van der Waals surface area contributed by atoms with Crippen LogP contribution < -0.4 is 0 Å². The van der Waals surface area contributed by atoms with Gasteiger partial charge in [-0.1, -0.05) is 57.9 Å². The maximum atomic E-state index is 2.57. The molecule has 0 amide bonds. The Morgan fingerprint density at radius 1 is 1.05 bits per heavy atom. The third-order valence-corrected chi connectivity index (χ3v) is 6.83. The SMILES string of the molecule is CC=C(CC)C1C[C@@H](C)C([C@@H]2[C@H](C)CC(C)=C[C@@H]2C)[C@@H](C)C1. The predicted octanol–water partition coefficient (Wildman–Crippen LogP) is 6.88. The summed E-state index contributed by atoms with van der Waals surface area (Å²) < 4.78 is 0. The van der Waals surface area contributed by atoms with E-state index in [-0.39, 0.29) is 0 Å². The lowest BCUT2D eigenvalue weighted by Crippen LogP contribution is -2.41. The first-order chi connectivity index (χ1) is 10.4. The second-order valence-corrected chi connectivity index (χ2v) is 8.55. The molecule has 2 unspecified atom stereocenters. The first-order valence-electron chi connectivity index (χ1n) is 9.71. The molecular formula is C22H38. The van der Waals surface area contributed by atoms with Gasteiger partial charge >= 0.3 is 0 Å². The molecule has 0 saturated heterocycles. The highest BCUT2D eigenvalue weighted by atomic mass is 14.5. The lowest BCUT2D eigenvalue weighted by atomic mass is 9.56. The van der Waals surface area contributed by atoms with Crippen LogP contribution >= 0.6 is 0 Å². The molecule has 0 spiro atoms. The quantitative estimate of drug-likeness (QED) is 0.498. The molecule has 0 aromatic rings. The maximum absolute atomic E-state index is 2.57. The molecule has 2 aliphatic rings. The van der Waals surface area contributed by atoms with Crippen LogP contribution in [-0.4, -0.2) is 0 Å². The average Bonchev–Trinajstić information content (AvgIpc) is 2.42. The summed E-state index contributed by atoms with van der Waals surface area (Å²) in [6.45, 7) is 17.0. The average molecular weight is 303 g/mol. The van der Waals surface area contributed by atoms with Crippen molar-refractivity contribution in [1.82, 2.24) is 0 Å². The maximum Gasteiger partial charge on any atom is -0.0198 e. The van der Waals surface area contributed by atoms with Gasteiger partial charge in [0.05, 0.1) is 0 Å². The molecule has 22 heavy (non-hydrogen) atoms. The first kappa shape index (κ1) is 17.8. The zero-order valence-corrected chi connectivity index (χ0v) is 16.0. The molecule has 7 atom stereocenters. The molecule has 1 saturated carbocycles. The highest BCUT2D eigenvalue weighted by Gasteiger charge is 2.42. The minimum Gasteiger partial charge on any atom is -0.0882 e. The zero-order valence-electron chi connectivity index (χ0n) is 16.0. The second-order valence-electron chi connectivity index (χ2n) is 8.55. The van der Waals surface area contributed by atoms with Gasteiger partial charge in [0.1, 0.15) is 0 Å². The molecule has 2 aliphatic carbocycles. The minimum atomic E-state index is 0.766. The molecular weight excluding hydrogens is 264 g/mol. The molecule has 0 aliphatic heterocycles. The predicted molar refractivity (Wildman–Crippen MR) is 98.8 cm³/mol. The lowest BCUT2D eigenvalue weighted by molar-refractivity contribution is 0.0353. The van der Waals surface area contributed by atoms with Crippen LogP contribution in [0.2, 0.25) is 0 Å². The third-order valence-electron chi connectivity index (χ3n) is 6.83. The summed E-state index contributed by atoms with van der Waals surface area (Å²) in [7, 11) is 0. The van der Waals surface area contributed by atoms with Gasteiger partial charge in [-0.05, 0) is 81.0 Å². The lowest BCUT2D eigenvalue weighted by Gasteiger charge is -2.49. The van der Waals surface area contributed by atoms with Crippen LogP contribution in [0, 0.1) is 41.4 Å². The van der Waals surface area contributed by atoms with Crippen molar-refractivity contribution in [3.05, 3.63) is 23.3 Å². The Balaban J connectivity index is 2.17. The molecule has 126 valence electrons. The summed E-state index contributed by atoms with van der Waals surface area (Å²) in [4.78, 5) is 0. The fraction of sp³-hybridized carbons (Fsp3) is 0.818. The highest BCUT2D eigenvalue weighted by molar-refractivity contribution is 5.12. The van der Waals surface area contributed by atoms with E-state index in [0.29, 0.717) is 0 Å². The molecule has 0 N–H and O–H groups in total. The van der Waals surface area contributed by atoms with Gasteiger partial charge in [0, 0.05) is 0 Å². The van der Waals surface area contributed by atoms with Gasteiger partial charge in [-0.3, -0.25) is 0 Å². The zero-order chi connectivity index (χ0) is 16.4. The topological polar surface area (TPSA) is 0 Å². The number of hydrogen-bond acceptors (Lipinski definition) is 0. The Kier molecular flexibility index (Phi) is 5.97. The first-order valence-corrected chi connectivity index (χ1v) is 9.71. The van der Waals surface area contributed by atoms with Gasteiger partial charge in [-0.25, -0.2) is 0 Å². The van der Waals surface area contributed by atoms with Crippen molar-refractivity contribution in [3.63, 3.8) is 0 Å². The Morgan fingerprint density at radius 2 is 1.64 bits per heavy atom. The van der Waals surface area contributed by atoms with E-state index in [9.17, 15) is 0 Å². The minimum absolute atomic E-state index is 0.766. The van der Waals surface area contributed by atoms with Crippen molar-refractivity contribution in [3.8, 4) is 0 Å². The molecule has 1 fully saturated rings. The van der Waals surface area contributed by atoms with Crippen LogP contribution in [-0.2, 0) is 0 Å². The van der Waals surface area contributed by atoms with Crippen molar-refractivity contribution in [2.24, 2.45) is 41.4 Å². The van der Waals surface area contributed by atoms with Crippen LogP contribution in [0.4, 0.5) is 0 Å². The van der Waals surface area contributed by atoms with Gasteiger partial charge in [0.2, 0.25) is 0 Å². The summed E-state index contributed by atoms with van der Waals surface area (Å²) in [5.41, 5.74) is 3.32. The standard InChI is InChI=1S/C22H38/c1-8-19(9-2)20-12-17(6)22(18(7)13-20)21-15(4)10-14(3)11-16(21)5/h8,10,15-18,20-22H,9,11-13H2,1-7H3/t15-,16+,17-,18+,20?,21-,22?/m0/s1. The molecule has 0 heteroatoms. The van der Waals surface area contributed by atoms with Crippen LogP contribution in [0.25, 0.3) is 0 Å². The van der Waals surface area contributed by atoms with Gasteiger partial charge in [0.15, 0.2) is 0 Å². The number of allylic oxidation sites excluding steroid dienone is 4. The fourth-order valence-electron chi connectivity index (χ4n) is 6.18. The molecule has 0 radical (unpaired) electrons. The molecule has 0 bridgehead atoms. The molecule has 0 aromatic heterocycles. The van der Waals surface area contributed by atoms with Crippen LogP contribution in [0.1, 0.15) is 74.1 Å². The van der Waals surface area contributed by atoms with Crippen molar-refractivity contribution < 1.29 is 0 Å². The number of hydrogen-bond donors (Lipinski definition) is 0. The summed E-state index contributed by atoms with van der Waals surface area (Å²) in [6, 6.07) is 0. The van der Waals surface area contributed by atoms with E-state index in [0.717, 1.165) is 41.4 Å². The van der Waals surface area contributed by atoms with Gasteiger partial charge in [-0.2, -0.15) is 0 Å². The van der Waals surface area contributed by atoms with Gasteiger partial charge in [-0.15, -0.1) is 0 Å². The van der Waals surface area contributed by atoms with Gasteiger partial charge < -0.3 is 0 Å². The van der Waals surface area contributed by atoms with E-state index in [1.54, 1.807) is 11.1 Å². The number of rotatable bonds is 3. The summed E-state index contributed by atoms with van der Waals surface area (Å²) >= 11 is 0.